The van der Waals surface area contributed by atoms with Crippen LogP contribution in [0.4, 0.5) is 0 Å². The lowest BCUT2D eigenvalue weighted by molar-refractivity contribution is 0.431. The van der Waals surface area contributed by atoms with Crippen molar-refractivity contribution in [3.63, 3.8) is 0 Å². The fourth-order valence-corrected chi connectivity index (χ4v) is 1.86. The quantitative estimate of drug-likeness (QED) is 0.866. The second-order valence-corrected chi connectivity index (χ2v) is 3.88. The van der Waals surface area contributed by atoms with E-state index in [4.69, 9.17) is 4.42 Å². The number of halogens is 1. The van der Waals surface area contributed by atoms with E-state index in [1.54, 1.807) is 6.26 Å². The van der Waals surface area contributed by atoms with Crippen molar-refractivity contribution in [3.05, 3.63) is 22.6 Å². The van der Waals surface area contributed by atoms with Crippen LogP contribution in [-0.2, 0) is 0 Å². The van der Waals surface area contributed by atoms with Crippen LogP contribution in [0, 0.1) is 5.92 Å². The van der Waals surface area contributed by atoms with Gasteiger partial charge in [-0.25, -0.2) is 0 Å². The Balaban J connectivity index is 2.87. The van der Waals surface area contributed by atoms with E-state index in [9.17, 15) is 0 Å². The fraction of sp³-hybridized carbons (Fsp3) is 0.556. The fourth-order valence-electron chi connectivity index (χ4n) is 1.37. The normalized spacial score (nSPS) is 13.8. The van der Waals surface area contributed by atoms with Crippen LogP contribution in [-0.4, -0.2) is 7.05 Å². The zero-order chi connectivity index (χ0) is 9.14. The van der Waals surface area contributed by atoms with E-state index in [0.717, 1.165) is 4.67 Å². The molecule has 0 aliphatic rings. The van der Waals surface area contributed by atoms with Crippen molar-refractivity contribution in [1.82, 2.24) is 5.32 Å². The largest absolute Gasteiger partial charge is 0.457 e. The number of hydrogen-bond donors (Lipinski definition) is 1. The molecule has 0 amide bonds. The third-order valence-electron chi connectivity index (χ3n) is 1.96. The highest BCUT2D eigenvalue weighted by Gasteiger charge is 2.17. The molecule has 12 heavy (non-hydrogen) atoms. The van der Waals surface area contributed by atoms with Gasteiger partial charge in [0, 0.05) is 11.6 Å². The Labute approximate surface area is 81.5 Å². The van der Waals surface area contributed by atoms with Gasteiger partial charge in [-0.1, -0.05) is 13.8 Å². The first-order chi connectivity index (χ1) is 5.66. The van der Waals surface area contributed by atoms with Gasteiger partial charge >= 0.3 is 0 Å². The van der Waals surface area contributed by atoms with Gasteiger partial charge in [0.15, 0.2) is 4.67 Å². The van der Waals surface area contributed by atoms with Crippen LogP contribution in [0.3, 0.4) is 0 Å². The number of rotatable bonds is 3. The van der Waals surface area contributed by atoms with Crippen LogP contribution in [0.2, 0.25) is 0 Å². The summed E-state index contributed by atoms with van der Waals surface area (Å²) >= 11 is 3.37. The molecule has 1 unspecified atom stereocenters. The Bertz CT molecular complexity index is 244. The Morgan fingerprint density at radius 3 is 2.50 bits per heavy atom. The molecule has 0 fully saturated rings. The lowest BCUT2D eigenvalue weighted by Gasteiger charge is -2.18. The van der Waals surface area contributed by atoms with Crippen molar-refractivity contribution >= 4 is 15.9 Å². The highest BCUT2D eigenvalue weighted by molar-refractivity contribution is 9.10. The summed E-state index contributed by atoms with van der Waals surface area (Å²) in [5.41, 5.74) is 1.19. The van der Waals surface area contributed by atoms with Crippen LogP contribution in [0.15, 0.2) is 21.4 Å². The minimum Gasteiger partial charge on any atom is -0.457 e. The average Bonchev–Trinajstić information content (AvgIpc) is 2.38. The zero-order valence-corrected chi connectivity index (χ0v) is 9.18. The third kappa shape index (κ3) is 1.90. The van der Waals surface area contributed by atoms with E-state index >= 15 is 0 Å². The Morgan fingerprint density at radius 2 is 2.17 bits per heavy atom. The summed E-state index contributed by atoms with van der Waals surface area (Å²) in [5, 5.41) is 3.25. The lowest BCUT2D eigenvalue weighted by Crippen LogP contribution is -2.21. The maximum atomic E-state index is 5.17. The molecule has 1 aromatic heterocycles. The molecule has 1 atom stereocenters. The molecule has 0 aliphatic carbocycles. The van der Waals surface area contributed by atoms with Gasteiger partial charge < -0.3 is 9.73 Å². The number of furan rings is 1. The molecule has 1 heterocycles. The summed E-state index contributed by atoms with van der Waals surface area (Å²) in [7, 11) is 1.96. The average molecular weight is 232 g/mol. The molecule has 3 heteroatoms. The molecular weight excluding hydrogens is 218 g/mol. The van der Waals surface area contributed by atoms with Crippen molar-refractivity contribution in [2.24, 2.45) is 5.92 Å². The minimum absolute atomic E-state index is 0.359. The first-order valence-electron chi connectivity index (χ1n) is 4.07. The van der Waals surface area contributed by atoms with E-state index in [-0.39, 0.29) is 0 Å². The van der Waals surface area contributed by atoms with Gasteiger partial charge in [0.05, 0.1) is 6.26 Å². The molecule has 1 aromatic rings. The van der Waals surface area contributed by atoms with Gasteiger partial charge in [0.1, 0.15) is 0 Å². The monoisotopic (exact) mass is 231 g/mol. The van der Waals surface area contributed by atoms with Crippen molar-refractivity contribution in [2.75, 3.05) is 7.05 Å². The number of nitrogens with one attached hydrogen (secondary N) is 1. The molecule has 1 N–H and O–H groups in total. The first kappa shape index (κ1) is 9.81. The van der Waals surface area contributed by atoms with Crippen molar-refractivity contribution in [1.29, 1.82) is 0 Å². The maximum Gasteiger partial charge on any atom is 0.173 e. The Morgan fingerprint density at radius 1 is 1.50 bits per heavy atom. The smallest absolute Gasteiger partial charge is 0.173 e. The minimum atomic E-state index is 0.359. The summed E-state index contributed by atoms with van der Waals surface area (Å²) in [6.07, 6.45) is 1.70. The van der Waals surface area contributed by atoms with Gasteiger partial charge in [-0.3, -0.25) is 0 Å². The highest BCUT2D eigenvalue weighted by Crippen LogP contribution is 2.28. The molecule has 68 valence electrons. The lowest BCUT2D eigenvalue weighted by atomic mass is 9.99. The predicted octanol–water partition coefficient (Wildman–Crippen LogP) is 2.96. The van der Waals surface area contributed by atoms with E-state index in [1.807, 2.05) is 13.1 Å². The molecule has 0 radical (unpaired) electrons. The predicted molar refractivity (Wildman–Crippen MR) is 53.0 cm³/mol. The molecular formula is C9H14BrNO. The molecule has 0 bridgehead atoms. The molecule has 0 saturated carbocycles. The van der Waals surface area contributed by atoms with Gasteiger partial charge in [-0.05, 0) is 35.0 Å². The first-order valence-corrected chi connectivity index (χ1v) is 4.86. The van der Waals surface area contributed by atoms with E-state index in [2.05, 4.69) is 35.1 Å². The second-order valence-electron chi connectivity index (χ2n) is 3.16. The van der Waals surface area contributed by atoms with E-state index in [1.165, 1.54) is 5.56 Å². The Hall–Kier alpha value is -0.280. The summed E-state index contributed by atoms with van der Waals surface area (Å²) in [6.45, 7) is 4.36. The third-order valence-corrected chi connectivity index (χ3v) is 2.60. The molecule has 1 rings (SSSR count). The zero-order valence-electron chi connectivity index (χ0n) is 7.60. The molecule has 2 nitrogen and oxygen atoms in total. The van der Waals surface area contributed by atoms with Crippen LogP contribution < -0.4 is 5.32 Å². The highest BCUT2D eigenvalue weighted by atomic mass is 79.9. The standard InChI is InChI=1S/C9H14BrNO/c1-6(2)8(11-3)7-4-5-12-9(7)10/h4-6,8,11H,1-3H3. The van der Waals surface area contributed by atoms with Gasteiger partial charge in [0.2, 0.25) is 0 Å². The molecule has 0 aromatic carbocycles. The van der Waals surface area contributed by atoms with Crippen LogP contribution >= 0.6 is 15.9 Å². The second kappa shape index (κ2) is 4.10. The molecule has 0 saturated heterocycles. The summed E-state index contributed by atoms with van der Waals surface area (Å²) in [5.74, 6) is 0.559. The van der Waals surface area contributed by atoms with Crippen LogP contribution in [0.5, 0.6) is 0 Å². The van der Waals surface area contributed by atoms with Crippen LogP contribution in [0.25, 0.3) is 0 Å². The van der Waals surface area contributed by atoms with Gasteiger partial charge in [0.25, 0.3) is 0 Å². The Kier molecular flexibility index (Phi) is 3.35. The summed E-state index contributed by atoms with van der Waals surface area (Å²) in [4.78, 5) is 0. The molecule has 0 aliphatic heterocycles. The van der Waals surface area contributed by atoms with E-state index < -0.39 is 0 Å². The topological polar surface area (TPSA) is 25.2 Å². The van der Waals surface area contributed by atoms with Crippen LogP contribution in [0.1, 0.15) is 25.5 Å². The maximum absolute atomic E-state index is 5.17. The van der Waals surface area contributed by atoms with E-state index in [0.29, 0.717) is 12.0 Å². The molecule has 0 spiro atoms. The van der Waals surface area contributed by atoms with Gasteiger partial charge in [-0.15, -0.1) is 0 Å². The SMILES string of the molecule is CNC(c1ccoc1Br)C(C)C. The summed E-state index contributed by atoms with van der Waals surface area (Å²) in [6, 6.07) is 2.35. The number of hydrogen-bond acceptors (Lipinski definition) is 2. The van der Waals surface area contributed by atoms with Crippen molar-refractivity contribution < 1.29 is 4.42 Å². The van der Waals surface area contributed by atoms with Crippen molar-refractivity contribution in [2.45, 2.75) is 19.9 Å². The van der Waals surface area contributed by atoms with Gasteiger partial charge in [-0.2, -0.15) is 0 Å². The van der Waals surface area contributed by atoms with Crippen molar-refractivity contribution in [3.8, 4) is 0 Å². The summed E-state index contributed by atoms with van der Waals surface area (Å²) < 4.78 is 6.00.